The van der Waals surface area contributed by atoms with Gasteiger partial charge < -0.3 is 14.5 Å². The smallest absolute Gasteiger partial charge is 0.233 e. The lowest BCUT2D eigenvalue weighted by atomic mass is 10.2. The molecule has 0 unspecified atom stereocenters. The van der Waals surface area contributed by atoms with Gasteiger partial charge in [-0.15, -0.1) is 0 Å². The van der Waals surface area contributed by atoms with Crippen molar-refractivity contribution in [2.45, 2.75) is 23.3 Å². The minimum absolute atomic E-state index is 0.113. The van der Waals surface area contributed by atoms with Crippen molar-refractivity contribution < 1.29 is 17.6 Å². The van der Waals surface area contributed by atoms with E-state index in [2.05, 4.69) is 15.2 Å². The van der Waals surface area contributed by atoms with Gasteiger partial charge in [-0.25, -0.2) is 8.42 Å². The standard InChI is InChI=1S/C23H26ClN3O4S/c1-17-3-9-20(10-4-17)32(28,29)23-22(25-11-2-12-27-13-15-30-16-14-27)31-21(26-23)18-5-7-19(24)8-6-18/h3-10,25H,2,11-16H2,1H3. The zero-order valence-electron chi connectivity index (χ0n) is 17.9. The molecule has 1 aliphatic heterocycles. The third-order valence-electron chi connectivity index (χ3n) is 5.31. The third kappa shape index (κ3) is 5.32. The Labute approximate surface area is 193 Å². The fraction of sp³-hybridized carbons (Fsp3) is 0.348. The average Bonchev–Trinajstić information content (AvgIpc) is 3.23. The maximum atomic E-state index is 13.3. The Hall–Kier alpha value is -2.39. The van der Waals surface area contributed by atoms with Gasteiger partial charge in [-0.1, -0.05) is 29.3 Å². The highest BCUT2D eigenvalue weighted by atomic mass is 35.5. The molecule has 0 amide bonds. The minimum atomic E-state index is -3.86. The summed E-state index contributed by atoms with van der Waals surface area (Å²) in [6, 6.07) is 13.6. The van der Waals surface area contributed by atoms with E-state index >= 15 is 0 Å². The summed E-state index contributed by atoms with van der Waals surface area (Å²) in [5.74, 6) is 0.375. The number of nitrogens with one attached hydrogen (secondary N) is 1. The topological polar surface area (TPSA) is 84.7 Å². The number of hydrogen-bond donors (Lipinski definition) is 1. The van der Waals surface area contributed by atoms with Crippen LogP contribution in [0.1, 0.15) is 12.0 Å². The molecule has 1 saturated heterocycles. The van der Waals surface area contributed by atoms with Crippen molar-refractivity contribution >= 4 is 27.3 Å². The van der Waals surface area contributed by atoms with Crippen LogP contribution in [0.3, 0.4) is 0 Å². The summed E-state index contributed by atoms with van der Waals surface area (Å²) in [6.45, 7) is 6.69. The SMILES string of the molecule is Cc1ccc(S(=O)(=O)c2nc(-c3ccc(Cl)cc3)oc2NCCCN2CCOCC2)cc1. The number of benzene rings is 2. The second-order valence-electron chi connectivity index (χ2n) is 7.71. The van der Waals surface area contributed by atoms with Gasteiger partial charge >= 0.3 is 0 Å². The molecule has 0 atom stereocenters. The van der Waals surface area contributed by atoms with E-state index in [-0.39, 0.29) is 21.7 Å². The number of rotatable bonds is 8. The molecule has 0 saturated carbocycles. The fourth-order valence-corrected chi connectivity index (χ4v) is 4.88. The quantitative estimate of drug-likeness (QED) is 0.487. The maximum Gasteiger partial charge on any atom is 0.233 e. The van der Waals surface area contributed by atoms with Crippen LogP contribution >= 0.6 is 11.6 Å². The highest BCUT2D eigenvalue weighted by Gasteiger charge is 2.28. The van der Waals surface area contributed by atoms with Crippen LogP contribution in [0.25, 0.3) is 11.5 Å². The van der Waals surface area contributed by atoms with Gasteiger partial charge in [-0.3, -0.25) is 4.90 Å². The van der Waals surface area contributed by atoms with E-state index < -0.39 is 9.84 Å². The number of hydrogen-bond acceptors (Lipinski definition) is 7. The molecule has 0 aliphatic carbocycles. The lowest BCUT2D eigenvalue weighted by Gasteiger charge is -2.26. The number of oxazole rings is 1. The molecule has 0 bridgehead atoms. The lowest BCUT2D eigenvalue weighted by Crippen LogP contribution is -2.37. The predicted molar refractivity (Wildman–Crippen MR) is 124 cm³/mol. The number of ether oxygens (including phenoxy) is 1. The van der Waals surface area contributed by atoms with Crippen molar-refractivity contribution in [2.75, 3.05) is 44.7 Å². The molecule has 2 aromatic carbocycles. The van der Waals surface area contributed by atoms with Gasteiger partial charge in [0.2, 0.25) is 26.6 Å². The van der Waals surface area contributed by atoms with E-state index in [1.54, 1.807) is 48.5 Å². The van der Waals surface area contributed by atoms with Crippen molar-refractivity contribution in [1.29, 1.82) is 0 Å². The summed E-state index contributed by atoms with van der Waals surface area (Å²) in [7, 11) is -3.86. The van der Waals surface area contributed by atoms with E-state index in [1.165, 1.54) is 0 Å². The number of nitrogens with zero attached hydrogens (tertiary/aromatic N) is 2. The average molecular weight is 476 g/mol. The van der Waals surface area contributed by atoms with Gasteiger partial charge in [-0.2, -0.15) is 4.98 Å². The van der Waals surface area contributed by atoms with Crippen molar-refractivity contribution in [3.8, 4) is 11.5 Å². The summed E-state index contributed by atoms with van der Waals surface area (Å²) < 4.78 is 37.9. The molecule has 1 N–H and O–H groups in total. The Kier molecular flexibility index (Phi) is 7.15. The Balaban J connectivity index is 1.58. The number of morpholine rings is 1. The highest BCUT2D eigenvalue weighted by molar-refractivity contribution is 7.91. The molecule has 4 rings (SSSR count). The maximum absolute atomic E-state index is 13.3. The summed E-state index contributed by atoms with van der Waals surface area (Å²) in [5, 5.41) is 3.61. The van der Waals surface area contributed by atoms with Gasteiger partial charge in [0.1, 0.15) is 0 Å². The summed E-state index contributed by atoms with van der Waals surface area (Å²) >= 11 is 5.98. The van der Waals surface area contributed by atoms with Crippen LogP contribution in [-0.2, 0) is 14.6 Å². The molecule has 1 fully saturated rings. The second kappa shape index (κ2) is 10.0. The Morgan fingerprint density at radius 2 is 1.75 bits per heavy atom. The molecule has 2 heterocycles. The van der Waals surface area contributed by atoms with Crippen molar-refractivity contribution in [3.63, 3.8) is 0 Å². The fourth-order valence-electron chi connectivity index (χ4n) is 3.47. The molecular formula is C23H26ClN3O4S. The summed E-state index contributed by atoms with van der Waals surface area (Å²) in [5.41, 5.74) is 1.63. The summed E-state index contributed by atoms with van der Waals surface area (Å²) in [4.78, 5) is 6.87. The molecule has 32 heavy (non-hydrogen) atoms. The predicted octanol–water partition coefficient (Wildman–Crippen LogP) is 4.27. The van der Waals surface area contributed by atoms with E-state index in [0.717, 1.165) is 44.8 Å². The van der Waals surface area contributed by atoms with E-state index in [1.807, 2.05) is 6.92 Å². The molecule has 170 valence electrons. The first-order valence-corrected chi connectivity index (χ1v) is 12.4. The van der Waals surface area contributed by atoms with Gasteiger partial charge in [0.05, 0.1) is 18.1 Å². The first-order valence-electron chi connectivity index (χ1n) is 10.6. The molecule has 1 aromatic heterocycles. The highest BCUT2D eigenvalue weighted by Crippen LogP contribution is 2.32. The van der Waals surface area contributed by atoms with Crippen LogP contribution in [-0.4, -0.2) is 57.7 Å². The second-order valence-corrected chi connectivity index (χ2v) is 10.0. The monoisotopic (exact) mass is 475 g/mol. The molecule has 7 nitrogen and oxygen atoms in total. The lowest BCUT2D eigenvalue weighted by molar-refractivity contribution is 0.0378. The number of aromatic nitrogens is 1. The normalized spacial score (nSPS) is 15.1. The van der Waals surface area contributed by atoms with E-state index in [4.69, 9.17) is 20.8 Å². The van der Waals surface area contributed by atoms with Gasteiger partial charge in [-0.05, 0) is 56.3 Å². The molecule has 1 aliphatic rings. The van der Waals surface area contributed by atoms with Gasteiger partial charge in [0, 0.05) is 30.2 Å². The largest absolute Gasteiger partial charge is 0.419 e. The van der Waals surface area contributed by atoms with Gasteiger partial charge in [0.15, 0.2) is 0 Å². The van der Waals surface area contributed by atoms with Crippen LogP contribution in [0.2, 0.25) is 5.02 Å². The Morgan fingerprint density at radius 3 is 2.44 bits per heavy atom. The number of anilines is 1. The van der Waals surface area contributed by atoms with E-state index in [0.29, 0.717) is 17.1 Å². The van der Waals surface area contributed by atoms with Crippen LogP contribution in [0.5, 0.6) is 0 Å². The number of sulfone groups is 1. The molecule has 9 heteroatoms. The van der Waals surface area contributed by atoms with Crippen LogP contribution in [0.4, 0.5) is 5.88 Å². The van der Waals surface area contributed by atoms with Crippen molar-refractivity contribution in [2.24, 2.45) is 0 Å². The van der Waals surface area contributed by atoms with Crippen LogP contribution in [0.15, 0.2) is 62.9 Å². The molecule has 0 radical (unpaired) electrons. The molecule has 0 spiro atoms. The van der Waals surface area contributed by atoms with Crippen molar-refractivity contribution in [1.82, 2.24) is 9.88 Å². The Bertz CT molecular complexity index is 1140. The number of halogens is 1. The zero-order chi connectivity index (χ0) is 22.6. The van der Waals surface area contributed by atoms with Gasteiger partial charge in [0.25, 0.3) is 0 Å². The minimum Gasteiger partial charge on any atom is -0.419 e. The Morgan fingerprint density at radius 1 is 1.06 bits per heavy atom. The van der Waals surface area contributed by atoms with Crippen molar-refractivity contribution in [3.05, 3.63) is 59.1 Å². The van der Waals surface area contributed by atoms with Crippen LogP contribution < -0.4 is 5.32 Å². The molecule has 3 aromatic rings. The molecular weight excluding hydrogens is 450 g/mol. The zero-order valence-corrected chi connectivity index (χ0v) is 19.5. The first kappa shape index (κ1) is 22.8. The van der Waals surface area contributed by atoms with E-state index in [9.17, 15) is 8.42 Å². The summed E-state index contributed by atoms with van der Waals surface area (Å²) in [6.07, 6.45) is 0.834. The number of aryl methyl sites for hydroxylation is 1. The first-order chi connectivity index (χ1) is 15.4. The van der Waals surface area contributed by atoms with Crippen LogP contribution in [0, 0.1) is 6.92 Å². The third-order valence-corrected chi connectivity index (χ3v) is 7.24.